The molecule has 1 saturated heterocycles. The summed E-state index contributed by atoms with van der Waals surface area (Å²) in [6.45, 7) is 1.76. The van der Waals surface area contributed by atoms with Gasteiger partial charge in [0.25, 0.3) is 11.8 Å². The van der Waals surface area contributed by atoms with Crippen LogP contribution in [-0.4, -0.2) is 39.5 Å². The van der Waals surface area contributed by atoms with Crippen molar-refractivity contribution < 1.29 is 9.59 Å². The largest absolute Gasteiger partial charge is 0.370 e. The Morgan fingerprint density at radius 2 is 1.70 bits per heavy atom. The van der Waals surface area contributed by atoms with E-state index < -0.39 is 0 Å². The first-order valence-electron chi connectivity index (χ1n) is 11.0. The molecule has 0 aliphatic carbocycles. The van der Waals surface area contributed by atoms with E-state index in [2.05, 4.69) is 25.6 Å². The number of rotatable bonds is 5. The zero-order valence-electron chi connectivity index (χ0n) is 18.1. The van der Waals surface area contributed by atoms with Crippen LogP contribution < -0.4 is 15.5 Å². The van der Waals surface area contributed by atoms with E-state index in [1.165, 1.54) is 12.6 Å². The molecule has 0 saturated carbocycles. The third kappa shape index (κ3) is 4.41. The number of piperidine rings is 1. The van der Waals surface area contributed by atoms with E-state index >= 15 is 0 Å². The van der Waals surface area contributed by atoms with Crippen molar-refractivity contribution in [3.05, 3.63) is 84.3 Å². The predicted octanol–water partition coefficient (Wildman–Crippen LogP) is 4.22. The summed E-state index contributed by atoms with van der Waals surface area (Å²) >= 11 is 0. The molecule has 0 radical (unpaired) electrons. The van der Waals surface area contributed by atoms with Crippen molar-refractivity contribution in [1.82, 2.24) is 14.6 Å². The Bertz CT molecular complexity index is 1290. The lowest BCUT2D eigenvalue weighted by atomic mass is 10.1. The number of amides is 2. The smallest absolute Gasteiger partial charge is 0.261 e. The zero-order chi connectivity index (χ0) is 22.6. The number of aromatic nitrogens is 3. The second-order valence-electron chi connectivity index (χ2n) is 8.00. The fourth-order valence-corrected chi connectivity index (χ4v) is 4.08. The number of para-hydroxylation sites is 1. The molecule has 0 spiro atoms. The molecular formula is C25H24N6O2. The number of hydrogen-bond donors (Lipinski definition) is 2. The van der Waals surface area contributed by atoms with Crippen LogP contribution in [0, 0.1) is 0 Å². The van der Waals surface area contributed by atoms with E-state index in [1.54, 1.807) is 35.1 Å². The first-order chi connectivity index (χ1) is 16.2. The van der Waals surface area contributed by atoms with Crippen molar-refractivity contribution in [3.63, 3.8) is 0 Å². The van der Waals surface area contributed by atoms with Gasteiger partial charge in [0.1, 0.15) is 5.56 Å². The van der Waals surface area contributed by atoms with Gasteiger partial charge in [0.05, 0.1) is 17.6 Å². The van der Waals surface area contributed by atoms with Gasteiger partial charge < -0.3 is 15.5 Å². The monoisotopic (exact) mass is 440 g/mol. The molecule has 1 aliphatic rings. The Hall–Kier alpha value is -4.20. The highest BCUT2D eigenvalue weighted by molar-refractivity contribution is 6.10. The molecule has 4 aromatic rings. The first kappa shape index (κ1) is 20.7. The van der Waals surface area contributed by atoms with Crippen molar-refractivity contribution in [2.45, 2.75) is 19.3 Å². The molecule has 2 amide bonds. The molecule has 0 unspecified atom stereocenters. The molecule has 2 aromatic heterocycles. The average molecular weight is 441 g/mol. The topological polar surface area (TPSA) is 91.6 Å². The summed E-state index contributed by atoms with van der Waals surface area (Å²) in [5, 5.41) is 10.1. The molecule has 33 heavy (non-hydrogen) atoms. The quantitative estimate of drug-likeness (QED) is 0.485. The summed E-state index contributed by atoms with van der Waals surface area (Å²) in [5.74, 6) is -0.479. The lowest BCUT2D eigenvalue weighted by Crippen LogP contribution is -2.31. The van der Waals surface area contributed by atoms with Gasteiger partial charge in [-0.2, -0.15) is 5.10 Å². The number of nitrogens with one attached hydrogen (secondary N) is 2. The predicted molar refractivity (Wildman–Crippen MR) is 128 cm³/mol. The van der Waals surface area contributed by atoms with E-state index in [-0.39, 0.29) is 11.8 Å². The molecule has 1 fully saturated rings. The lowest BCUT2D eigenvalue weighted by molar-refractivity contribution is 0.102. The van der Waals surface area contributed by atoms with Gasteiger partial charge in [-0.15, -0.1) is 0 Å². The van der Waals surface area contributed by atoms with E-state index in [0.717, 1.165) is 37.3 Å². The number of nitrogens with zero attached hydrogens (tertiary/aromatic N) is 4. The van der Waals surface area contributed by atoms with Crippen LogP contribution in [0.3, 0.4) is 0 Å². The lowest BCUT2D eigenvalue weighted by Gasteiger charge is -2.31. The number of benzene rings is 2. The van der Waals surface area contributed by atoms with Gasteiger partial charge in [0, 0.05) is 36.7 Å². The highest BCUT2D eigenvalue weighted by Gasteiger charge is 2.20. The number of carbonyl (C=O) groups excluding carboxylic acids is 2. The molecule has 0 atom stereocenters. The average Bonchev–Trinajstić information content (AvgIpc) is 3.30. The van der Waals surface area contributed by atoms with Crippen molar-refractivity contribution in [1.29, 1.82) is 0 Å². The summed E-state index contributed by atoms with van der Waals surface area (Å²) in [6, 6.07) is 16.5. The Labute approximate surface area is 191 Å². The van der Waals surface area contributed by atoms with Crippen molar-refractivity contribution in [2.75, 3.05) is 28.6 Å². The van der Waals surface area contributed by atoms with Crippen LogP contribution in [0.15, 0.2) is 73.2 Å². The van der Waals surface area contributed by atoms with E-state index in [1.807, 2.05) is 36.4 Å². The van der Waals surface area contributed by atoms with Gasteiger partial charge in [-0.05, 0) is 55.7 Å². The van der Waals surface area contributed by atoms with Gasteiger partial charge in [0.15, 0.2) is 5.65 Å². The minimum atomic E-state index is -0.288. The summed E-state index contributed by atoms with van der Waals surface area (Å²) in [4.78, 5) is 32.5. The maximum Gasteiger partial charge on any atom is 0.261 e. The zero-order valence-corrected chi connectivity index (χ0v) is 18.1. The van der Waals surface area contributed by atoms with Gasteiger partial charge in [-0.3, -0.25) is 9.59 Å². The Balaban J connectivity index is 1.44. The molecule has 5 rings (SSSR count). The van der Waals surface area contributed by atoms with Crippen molar-refractivity contribution in [3.8, 4) is 0 Å². The summed E-state index contributed by atoms with van der Waals surface area (Å²) in [5.41, 5.74) is 3.66. The maximum absolute atomic E-state index is 13.1. The van der Waals surface area contributed by atoms with Crippen LogP contribution in [0.4, 0.5) is 17.1 Å². The van der Waals surface area contributed by atoms with E-state index in [4.69, 9.17) is 0 Å². The molecule has 166 valence electrons. The fourth-order valence-electron chi connectivity index (χ4n) is 4.08. The van der Waals surface area contributed by atoms with Crippen LogP contribution in [0.2, 0.25) is 0 Å². The molecule has 2 N–H and O–H groups in total. The Morgan fingerprint density at radius 1 is 0.879 bits per heavy atom. The number of fused-ring (bicyclic) bond motifs is 1. The van der Waals surface area contributed by atoms with Crippen LogP contribution in [0.25, 0.3) is 5.65 Å². The molecule has 2 aromatic carbocycles. The van der Waals surface area contributed by atoms with Gasteiger partial charge >= 0.3 is 0 Å². The Morgan fingerprint density at radius 3 is 2.52 bits per heavy atom. The fraction of sp³-hybridized carbons (Fsp3) is 0.200. The second kappa shape index (κ2) is 9.12. The molecule has 0 bridgehead atoms. The minimum absolute atomic E-state index is 0.191. The summed E-state index contributed by atoms with van der Waals surface area (Å²) in [6.07, 6.45) is 8.23. The molecule has 8 nitrogen and oxygen atoms in total. The third-order valence-corrected chi connectivity index (χ3v) is 5.76. The first-order valence-corrected chi connectivity index (χ1v) is 11.0. The summed E-state index contributed by atoms with van der Waals surface area (Å²) < 4.78 is 1.57. The Kier molecular flexibility index (Phi) is 5.72. The van der Waals surface area contributed by atoms with Crippen LogP contribution in [0.1, 0.15) is 40.0 Å². The van der Waals surface area contributed by atoms with Crippen LogP contribution in [0.5, 0.6) is 0 Å². The molecule has 8 heteroatoms. The SMILES string of the molecule is O=C(Nc1ccccc1)c1ccc(NC(=O)c2cnn3cccnc23)c(N2CCCCC2)c1. The standard InChI is InChI=1S/C25H24N6O2/c32-24(28-19-8-3-1-4-9-19)18-10-11-21(22(16-18)30-13-5-2-6-14-30)29-25(33)20-17-27-31-15-7-12-26-23(20)31/h1,3-4,7-12,15-17H,2,5-6,13-14H2,(H,28,32)(H,29,33). The normalized spacial score (nSPS) is 13.6. The van der Waals surface area contributed by atoms with Crippen LogP contribution >= 0.6 is 0 Å². The number of carbonyl (C=O) groups is 2. The number of anilines is 3. The van der Waals surface area contributed by atoms with Crippen molar-refractivity contribution >= 4 is 34.5 Å². The highest BCUT2D eigenvalue weighted by atomic mass is 16.2. The van der Waals surface area contributed by atoms with Gasteiger partial charge in [-0.1, -0.05) is 18.2 Å². The maximum atomic E-state index is 13.1. The van der Waals surface area contributed by atoms with E-state index in [0.29, 0.717) is 22.5 Å². The van der Waals surface area contributed by atoms with Gasteiger partial charge in [0.2, 0.25) is 0 Å². The van der Waals surface area contributed by atoms with E-state index in [9.17, 15) is 9.59 Å². The second-order valence-corrected chi connectivity index (χ2v) is 8.00. The number of hydrogen-bond acceptors (Lipinski definition) is 5. The molecule has 1 aliphatic heterocycles. The summed E-state index contributed by atoms with van der Waals surface area (Å²) in [7, 11) is 0. The van der Waals surface area contributed by atoms with Crippen molar-refractivity contribution in [2.24, 2.45) is 0 Å². The van der Waals surface area contributed by atoms with Gasteiger partial charge in [-0.25, -0.2) is 9.50 Å². The third-order valence-electron chi connectivity index (χ3n) is 5.76. The van der Waals surface area contributed by atoms with Crippen LogP contribution in [-0.2, 0) is 0 Å². The minimum Gasteiger partial charge on any atom is -0.370 e. The molecule has 3 heterocycles. The highest BCUT2D eigenvalue weighted by Crippen LogP contribution is 2.31. The molecular weight excluding hydrogens is 416 g/mol.